The van der Waals surface area contributed by atoms with Gasteiger partial charge < -0.3 is 10.4 Å². The molecule has 0 bridgehead atoms. The summed E-state index contributed by atoms with van der Waals surface area (Å²) in [5.74, 6) is -0.0407. The Balaban J connectivity index is 2.44. The number of hydrogen-bond donors (Lipinski definition) is 2. The van der Waals surface area contributed by atoms with Crippen molar-refractivity contribution in [2.75, 3.05) is 13.2 Å². The largest absolute Gasteiger partial charge is 0.396 e. The second kappa shape index (κ2) is 7.24. The number of nitrogens with zero attached hydrogens (tertiary/aromatic N) is 1. The summed E-state index contributed by atoms with van der Waals surface area (Å²) in [7, 11) is 0. The van der Waals surface area contributed by atoms with E-state index in [0.29, 0.717) is 12.1 Å². The predicted octanol–water partition coefficient (Wildman–Crippen LogP) is 2.17. The minimum atomic E-state index is -0.0734. The molecule has 0 aliphatic rings. The molecule has 19 heavy (non-hydrogen) atoms. The Labute approximate surface area is 115 Å². The summed E-state index contributed by atoms with van der Waals surface area (Å²) < 4.78 is 0. The molecular weight excluding hydrogens is 240 g/mol. The molecule has 0 saturated heterocycles. The molecule has 106 valence electrons. The molecule has 1 amide bonds. The van der Waals surface area contributed by atoms with Gasteiger partial charge in [-0.2, -0.15) is 0 Å². The highest BCUT2D eigenvalue weighted by Gasteiger charge is 2.16. The van der Waals surface area contributed by atoms with Gasteiger partial charge in [-0.25, -0.2) is 0 Å². The lowest BCUT2D eigenvalue weighted by Crippen LogP contribution is -2.27. The molecule has 0 aliphatic carbocycles. The summed E-state index contributed by atoms with van der Waals surface area (Å²) in [5, 5.41) is 12.1. The third-order valence-corrected chi connectivity index (χ3v) is 3.27. The number of nitrogens with one attached hydrogen (secondary N) is 1. The molecule has 2 N–H and O–H groups in total. The minimum absolute atomic E-state index is 0.0407. The van der Waals surface area contributed by atoms with E-state index in [-0.39, 0.29) is 17.9 Å². The summed E-state index contributed by atoms with van der Waals surface area (Å²) in [4.78, 5) is 16.1. The average Bonchev–Trinajstić information content (AvgIpc) is 2.43. The van der Waals surface area contributed by atoms with E-state index in [0.717, 1.165) is 24.8 Å². The van der Waals surface area contributed by atoms with Crippen LogP contribution in [-0.4, -0.2) is 29.1 Å². The number of aliphatic hydroxyl groups is 1. The minimum Gasteiger partial charge on any atom is -0.396 e. The number of carbonyl (C=O) groups is 1. The fourth-order valence-corrected chi connectivity index (χ4v) is 1.87. The van der Waals surface area contributed by atoms with E-state index in [4.69, 9.17) is 5.11 Å². The van der Waals surface area contributed by atoms with Crippen LogP contribution in [0.5, 0.6) is 0 Å². The van der Waals surface area contributed by atoms with Crippen molar-refractivity contribution in [2.45, 2.75) is 40.0 Å². The van der Waals surface area contributed by atoms with Crippen LogP contribution in [0, 0.1) is 5.41 Å². The van der Waals surface area contributed by atoms with Crippen LogP contribution in [0.1, 0.15) is 49.5 Å². The summed E-state index contributed by atoms with van der Waals surface area (Å²) in [5.41, 5.74) is 1.60. The summed E-state index contributed by atoms with van der Waals surface area (Å²) >= 11 is 0. The molecule has 0 radical (unpaired) electrons. The first kappa shape index (κ1) is 15.6. The van der Waals surface area contributed by atoms with Gasteiger partial charge in [0.2, 0.25) is 0 Å². The van der Waals surface area contributed by atoms with E-state index in [1.54, 1.807) is 18.5 Å². The van der Waals surface area contributed by atoms with Crippen molar-refractivity contribution in [1.82, 2.24) is 10.3 Å². The van der Waals surface area contributed by atoms with Gasteiger partial charge in [-0.1, -0.05) is 20.8 Å². The molecule has 0 aliphatic heterocycles. The lowest BCUT2D eigenvalue weighted by Gasteiger charge is -2.21. The molecule has 0 fully saturated rings. The maximum atomic E-state index is 12.0. The number of rotatable bonds is 7. The molecule has 0 aromatic carbocycles. The van der Waals surface area contributed by atoms with Crippen LogP contribution in [0.15, 0.2) is 18.5 Å². The van der Waals surface area contributed by atoms with Crippen molar-refractivity contribution in [3.8, 4) is 0 Å². The van der Waals surface area contributed by atoms with E-state index in [1.165, 1.54) is 0 Å². The standard InChI is InChI=1S/C15H24N2O2/c1-4-12-10-16-9-6-13(12)14(19)17-8-5-7-15(2,3)11-18/h6,9-10,18H,4-5,7-8,11H2,1-3H3,(H,17,19). The molecular formula is C15H24N2O2. The van der Waals surface area contributed by atoms with E-state index in [2.05, 4.69) is 10.3 Å². The first-order valence-corrected chi connectivity index (χ1v) is 6.82. The fourth-order valence-electron chi connectivity index (χ4n) is 1.87. The third kappa shape index (κ3) is 4.99. The van der Waals surface area contributed by atoms with Crippen molar-refractivity contribution >= 4 is 5.91 Å². The van der Waals surface area contributed by atoms with Gasteiger partial charge in [-0.3, -0.25) is 9.78 Å². The second-order valence-electron chi connectivity index (χ2n) is 5.57. The zero-order valence-electron chi connectivity index (χ0n) is 12.1. The van der Waals surface area contributed by atoms with Crippen LogP contribution >= 0.6 is 0 Å². The van der Waals surface area contributed by atoms with E-state index < -0.39 is 0 Å². The molecule has 1 rings (SSSR count). The molecule has 1 aromatic heterocycles. The summed E-state index contributed by atoms with van der Waals surface area (Å²) in [6.07, 6.45) is 5.94. The van der Waals surface area contributed by atoms with Crippen LogP contribution in [0.25, 0.3) is 0 Å². The highest BCUT2D eigenvalue weighted by atomic mass is 16.3. The average molecular weight is 264 g/mol. The van der Waals surface area contributed by atoms with Crippen molar-refractivity contribution in [2.24, 2.45) is 5.41 Å². The summed E-state index contributed by atoms with van der Waals surface area (Å²) in [6, 6.07) is 1.76. The van der Waals surface area contributed by atoms with Crippen molar-refractivity contribution < 1.29 is 9.90 Å². The van der Waals surface area contributed by atoms with Gasteiger partial charge in [0.05, 0.1) is 0 Å². The predicted molar refractivity (Wildman–Crippen MR) is 76.0 cm³/mol. The number of aryl methyl sites for hydroxylation is 1. The molecule has 0 spiro atoms. The second-order valence-corrected chi connectivity index (χ2v) is 5.57. The van der Waals surface area contributed by atoms with E-state index >= 15 is 0 Å². The van der Waals surface area contributed by atoms with Crippen LogP contribution in [0.4, 0.5) is 0 Å². The van der Waals surface area contributed by atoms with Gasteiger partial charge in [0.15, 0.2) is 0 Å². The Bertz CT molecular complexity index is 416. The molecule has 0 unspecified atom stereocenters. The lowest BCUT2D eigenvalue weighted by atomic mass is 9.89. The van der Waals surface area contributed by atoms with Crippen LogP contribution in [0.3, 0.4) is 0 Å². The fraction of sp³-hybridized carbons (Fsp3) is 0.600. The van der Waals surface area contributed by atoms with Crippen LogP contribution < -0.4 is 5.32 Å². The molecule has 4 heteroatoms. The van der Waals surface area contributed by atoms with Crippen molar-refractivity contribution in [3.63, 3.8) is 0 Å². The van der Waals surface area contributed by atoms with E-state index in [9.17, 15) is 4.79 Å². The SMILES string of the molecule is CCc1cnccc1C(=O)NCCCC(C)(C)CO. The zero-order valence-corrected chi connectivity index (χ0v) is 12.1. The highest BCUT2D eigenvalue weighted by Crippen LogP contribution is 2.20. The number of aromatic nitrogens is 1. The van der Waals surface area contributed by atoms with E-state index in [1.807, 2.05) is 20.8 Å². The highest BCUT2D eigenvalue weighted by molar-refractivity contribution is 5.95. The van der Waals surface area contributed by atoms with Crippen LogP contribution in [-0.2, 0) is 6.42 Å². The zero-order chi connectivity index (χ0) is 14.3. The molecule has 1 aromatic rings. The molecule has 0 atom stereocenters. The van der Waals surface area contributed by atoms with Gasteiger partial charge in [0.1, 0.15) is 0 Å². The Hall–Kier alpha value is -1.42. The monoisotopic (exact) mass is 264 g/mol. The molecule has 0 saturated carbocycles. The number of pyridine rings is 1. The topological polar surface area (TPSA) is 62.2 Å². The lowest BCUT2D eigenvalue weighted by molar-refractivity contribution is 0.0947. The number of aliphatic hydroxyl groups excluding tert-OH is 1. The Morgan fingerprint density at radius 3 is 2.84 bits per heavy atom. The van der Waals surface area contributed by atoms with Gasteiger partial charge in [0, 0.05) is 31.1 Å². The maximum absolute atomic E-state index is 12.0. The van der Waals surface area contributed by atoms with Crippen molar-refractivity contribution in [3.05, 3.63) is 29.6 Å². The third-order valence-electron chi connectivity index (χ3n) is 3.27. The smallest absolute Gasteiger partial charge is 0.251 e. The van der Waals surface area contributed by atoms with Gasteiger partial charge in [0.25, 0.3) is 5.91 Å². The van der Waals surface area contributed by atoms with Gasteiger partial charge in [-0.05, 0) is 36.3 Å². The number of hydrogen-bond acceptors (Lipinski definition) is 3. The molecule has 4 nitrogen and oxygen atoms in total. The Morgan fingerprint density at radius 1 is 1.47 bits per heavy atom. The normalized spacial score (nSPS) is 11.4. The first-order valence-electron chi connectivity index (χ1n) is 6.82. The number of carbonyl (C=O) groups excluding carboxylic acids is 1. The van der Waals surface area contributed by atoms with Crippen molar-refractivity contribution in [1.29, 1.82) is 0 Å². The Morgan fingerprint density at radius 2 is 2.21 bits per heavy atom. The summed E-state index contributed by atoms with van der Waals surface area (Å²) in [6.45, 7) is 6.86. The first-order chi connectivity index (χ1) is 9.00. The van der Waals surface area contributed by atoms with Gasteiger partial charge in [-0.15, -0.1) is 0 Å². The van der Waals surface area contributed by atoms with Crippen LogP contribution in [0.2, 0.25) is 0 Å². The quantitative estimate of drug-likeness (QED) is 0.742. The van der Waals surface area contributed by atoms with Gasteiger partial charge >= 0.3 is 0 Å². The molecule has 1 heterocycles. The number of amides is 1. The maximum Gasteiger partial charge on any atom is 0.251 e. The Kier molecular flexibility index (Phi) is 5.96.